The zero-order valence-electron chi connectivity index (χ0n) is 12.1. The van der Waals surface area contributed by atoms with Gasteiger partial charge in [0.1, 0.15) is 6.10 Å². The monoisotopic (exact) mass is 268 g/mol. The lowest BCUT2D eigenvalue weighted by Crippen LogP contribution is -2.43. The molecule has 1 saturated heterocycles. The minimum atomic E-state index is -0.528. The van der Waals surface area contributed by atoms with Crippen LogP contribution in [0.5, 0.6) is 0 Å². The Morgan fingerprint density at radius 3 is 2.58 bits per heavy atom. The molecule has 4 atom stereocenters. The van der Waals surface area contributed by atoms with Gasteiger partial charge in [-0.2, -0.15) is 0 Å². The first-order valence-corrected chi connectivity index (χ1v) is 7.35. The second-order valence-electron chi connectivity index (χ2n) is 6.97. The van der Waals surface area contributed by atoms with Crippen molar-refractivity contribution in [2.45, 2.75) is 52.2 Å². The Balaban J connectivity index is 1.66. The van der Waals surface area contributed by atoms with E-state index in [0.29, 0.717) is 25.7 Å². The van der Waals surface area contributed by atoms with E-state index < -0.39 is 6.10 Å². The molecule has 2 bridgehead atoms. The van der Waals surface area contributed by atoms with Crippen molar-refractivity contribution in [1.29, 1.82) is 0 Å². The molecule has 4 nitrogen and oxygen atoms in total. The van der Waals surface area contributed by atoms with Crippen molar-refractivity contribution >= 4 is 5.97 Å². The highest BCUT2D eigenvalue weighted by atomic mass is 16.6. The fourth-order valence-corrected chi connectivity index (χ4v) is 4.15. The van der Waals surface area contributed by atoms with Gasteiger partial charge >= 0.3 is 5.97 Å². The summed E-state index contributed by atoms with van der Waals surface area (Å²) >= 11 is 0. The lowest BCUT2D eigenvalue weighted by atomic mass is 9.70. The van der Waals surface area contributed by atoms with Gasteiger partial charge in [0.2, 0.25) is 0 Å². The minimum absolute atomic E-state index is 0.0410. The topological polar surface area (TPSA) is 44.8 Å². The van der Waals surface area contributed by atoms with E-state index in [1.165, 1.54) is 6.42 Å². The van der Waals surface area contributed by atoms with E-state index in [-0.39, 0.29) is 22.9 Å². The van der Waals surface area contributed by atoms with Gasteiger partial charge in [-0.25, -0.2) is 4.79 Å². The van der Waals surface area contributed by atoms with Crippen molar-refractivity contribution in [2.24, 2.45) is 16.7 Å². The first kappa shape index (κ1) is 13.4. The van der Waals surface area contributed by atoms with Crippen LogP contribution in [0, 0.1) is 16.7 Å². The van der Waals surface area contributed by atoms with Crippen LogP contribution in [-0.4, -0.2) is 38.0 Å². The molecule has 1 heterocycles. The maximum Gasteiger partial charge on any atom is 0.337 e. The van der Waals surface area contributed by atoms with Crippen LogP contribution < -0.4 is 0 Å². The van der Waals surface area contributed by atoms with E-state index in [1.807, 2.05) is 0 Å². The lowest BCUT2D eigenvalue weighted by molar-refractivity contribution is -0.182. The maximum absolute atomic E-state index is 12.2. The lowest BCUT2D eigenvalue weighted by Gasteiger charge is -2.39. The van der Waals surface area contributed by atoms with Gasteiger partial charge in [-0.1, -0.05) is 20.8 Å². The fraction of sp³-hybridized carbons (Fsp3) is 0.933. The molecule has 0 aromatic rings. The number of fused-ring (bicyclic) bond motifs is 2. The van der Waals surface area contributed by atoms with Crippen molar-refractivity contribution in [2.75, 3.05) is 19.8 Å². The summed E-state index contributed by atoms with van der Waals surface area (Å²) in [4.78, 5) is 12.2. The number of esters is 1. The number of carbonyl (C=O) groups is 1. The van der Waals surface area contributed by atoms with Crippen LogP contribution in [0.15, 0.2) is 0 Å². The van der Waals surface area contributed by atoms with Gasteiger partial charge in [0.25, 0.3) is 0 Å². The normalized spacial score (nSPS) is 44.3. The Labute approximate surface area is 114 Å². The van der Waals surface area contributed by atoms with Gasteiger partial charge < -0.3 is 14.2 Å². The molecule has 3 aliphatic rings. The van der Waals surface area contributed by atoms with Gasteiger partial charge in [0.05, 0.1) is 19.8 Å². The van der Waals surface area contributed by atoms with E-state index >= 15 is 0 Å². The zero-order valence-corrected chi connectivity index (χ0v) is 12.1. The summed E-state index contributed by atoms with van der Waals surface area (Å²) in [7, 11) is 0. The van der Waals surface area contributed by atoms with Crippen molar-refractivity contribution in [3.8, 4) is 0 Å². The average molecular weight is 268 g/mol. The molecule has 0 spiro atoms. The van der Waals surface area contributed by atoms with Gasteiger partial charge in [-0.3, -0.25) is 0 Å². The Morgan fingerprint density at radius 1 is 1.26 bits per heavy atom. The second kappa shape index (κ2) is 4.45. The Bertz CT molecular complexity index is 372. The van der Waals surface area contributed by atoms with Crippen LogP contribution in [0.4, 0.5) is 0 Å². The van der Waals surface area contributed by atoms with Crippen LogP contribution in [0.3, 0.4) is 0 Å². The molecule has 19 heavy (non-hydrogen) atoms. The average Bonchev–Trinajstić information content (AvgIpc) is 2.73. The maximum atomic E-state index is 12.2. The third-order valence-electron chi connectivity index (χ3n) is 6.05. The van der Waals surface area contributed by atoms with Gasteiger partial charge in [0, 0.05) is 5.41 Å². The fourth-order valence-electron chi connectivity index (χ4n) is 4.15. The largest absolute Gasteiger partial charge is 0.460 e. The first-order valence-electron chi connectivity index (χ1n) is 7.35. The van der Waals surface area contributed by atoms with Gasteiger partial charge in [-0.05, 0) is 30.6 Å². The Hall–Kier alpha value is -0.610. The number of hydrogen-bond donors (Lipinski definition) is 0. The number of hydrogen-bond acceptors (Lipinski definition) is 4. The highest BCUT2D eigenvalue weighted by Crippen LogP contribution is 2.66. The van der Waals surface area contributed by atoms with E-state index in [1.54, 1.807) is 0 Å². The van der Waals surface area contributed by atoms with Crippen molar-refractivity contribution in [3.05, 3.63) is 0 Å². The molecule has 108 valence electrons. The quantitative estimate of drug-likeness (QED) is 0.720. The minimum Gasteiger partial charge on any atom is -0.460 e. The number of rotatable bonds is 2. The van der Waals surface area contributed by atoms with E-state index in [0.717, 1.165) is 12.8 Å². The Morgan fingerprint density at radius 2 is 2.05 bits per heavy atom. The summed E-state index contributed by atoms with van der Waals surface area (Å²) < 4.78 is 16.5. The van der Waals surface area contributed by atoms with Crippen LogP contribution in [0.1, 0.15) is 40.0 Å². The molecule has 0 N–H and O–H groups in total. The molecule has 2 aliphatic carbocycles. The highest BCUT2D eigenvalue weighted by molar-refractivity contribution is 5.75. The van der Waals surface area contributed by atoms with Crippen molar-refractivity contribution < 1.29 is 19.0 Å². The molecule has 4 unspecified atom stereocenters. The SMILES string of the molecule is CC1(C)C2CCC1(C)C(OC(=O)C1COCCO1)C2. The smallest absolute Gasteiger partial charge is 0.337 e. The summed E-state index contributed by atoms with van der Waals surface area (Å²) in [6, 6.07) is 0. The van der Waals surface area contributed by atoms with Crippen LogP contribution in [0.25, 0.3) is 0 Å². The first-order chi connectivity index (χ1) is 8.95. The van der Waals surface area contributed by atoms with Crippen LogP contribution in [-0.2, 0) is 19.0 Å². The van der Waals surface area contributed by atoms with Crippen LogP contribution >= 0.6 is 0 Å². The highest BCUT2D eigenvalue weighted by Gasteiger charge is 2.63. The molecule has 3 fully saturated rings. The molecule has 0 amide bonds. The third kappa shape index (κ3) is 1.91. The molecule has 0 aromatic heterocycles. The summed E-state index contributed by atoms with van der Waals surface area (Å²) in [5.74, 6) is 0.438. The molecular formula is C15H24O4. The molecule has 1 aliphatic heterocycles. The molecule has 0 aromatic carbocycles. The number of ether oxygens (including phenoxy) is 3. The van der Waals surface area contributed by atoms with Gasteiger partial charge in [-0.15, -0.1) is 0 Å². The molecular weight excluding hydrogens is 244 g/mol. The summed E-state index contributed by atoms with van der Waals surface area (Å²) in [6.45, 7) is 8.29. The van der Waals surface area contributed by atoms with E-state index in [9.17, 15) is 4.79 Å². The zero-order chi connectivity index (χ0) is 13.7. The van der Waals surface area contributed by atoms with E-state index in [4.69, 9.17) is 14.2 Å². The third-order valence-corrected chi connectivity index (χ3v) is 6.05. The molecule has 2 saturated carbocycles. The second-order valence-corrected chi connectivity index (χ2v) is 6.97. The summed E-state index contributed by atoms with van der Waals surface area (Å²) in [5.41, 5.74) is 0.380. The van der Waals surface area contributed by atoms with Crippen molar-refractivity contribution in [3.63, 3.8) is 0 Å². The van der Waals surface area contributed by atoms with Gasteiger partial charge in [0.15, 0.2) is 6.10 Å². The van der Waals surface area contributed by atoms with Crippen LogP contribution in [0.2, 0.25) is 0 Å². The molecule has 4 heteroatoms. The summed E-state index contributed by atoms with van der Waals surface area (Å²) in [5, 5.41) is 0. The van der Waals surface area contributed by atoms with Crippen molar-refractivity contribution in [1.82, 2.24) is 0 Å². The summed E-state index contributed by atoms with van der Waals surface area (Å²) in [6.07, 6.45) is 2.94. The standard InChI is InChI=1S/C15H24O4/c1-14(2)10-4-5-15(14,3)12(8-10)19-13(16)11-9-17-6-7-18-11/h10-12H,4-9H2,1-3H3. The number of carbonyl (C=O) groups excluding carboxylic acids is 1. The predicted octanol–water partition coefficient (Wildman–Crippen LogP) is 2.16. The molecule has 0 radical (unpaired) electrons. The molecule has 3 rings (SSSR count). The Kier molecular flexibility index (Phi) is 3.13. The van der Waals surface area contributed by atoms with E-state index in [2.05, 4.69) is 20.8 Å². The predicted molar refractivity (Wildman–Crippen MR) is 69.7 cm³/mol.